The van der Waals surface area contributed by atoms with Gasteiger partial charge in [0.2, 0.25) is 5.95 Å². The Morgan fingerprint density at radius 1 is 0.619 bits per heavy atom. The van der Waals surface area contributed by atoms with Crippen LogP contribution in [0.15, 0.2) is 114 Å². The summed E-state index contributed by atoms with van der Waals surface area (Å²) in [6.45, 7) is 0. The summed E-state index contributed by atoms with van der Waals surface area (Å²) in [6.07, 6.45) is 0. The number of para-hydroxylation sites is 3. The first-order chi connectivity index (χ1) is 20.7. The molecule has 3 heterocycles. The van der Waals surface area contributed by atoms with Crippen molar-refractivity contribution in [1.29, 1.82) is 10.5 Å². The topological polar surface area (TPSA) is 104 Å². The Bertz CT molecular complexity index is 2400. The van der Waals surface area contributed by atoms with Crippen LogP contribution in [0.25, 0.3) is 72.5 Å². The van der Waals surface area contributed by atoms with Crippen LogP contribution in [-0.4, -0.2) is 19.5 Å². The van der Waals surface area contributed by atoms with E-state index in [1.54, 1.807) is 18.2 Å². The minimum Gasteiger partial charge on any atom is -0.455 e. The number of hydrogen-bond acceptors (Lipinski definition) is 6. The van der Waals surface area contributed by atoms with Crippen molar-refractivity contribution in [3.8, 4) is 40.9 Å². The van der Waals surface area contributed by atoms with Crippen LogP contribution in [0.2, 0.25) is 0 Å². The van der Waals surface area contributed by atoms with Crippen LogP contribution in [0.3, 0.4) is 0 Å². The maximum Gasteiger partial charge on any atom is 0.238 e. The van der Waals surface area contributed by atoms with Gasteiger partial charge in [0.15, 0.2) is 11.6 Å². The van der Waals surface area contributed by atoms with Crippen molar-refractivity contribution in [2.45, 2.75) is 0 Å². The standard InChI is InChI=1S/C35H18N6O/c36-19-21-8-5-9-22(18-21)33-38-34(27-14-7-13-26-31-23(20-37)10-6-17-30(31)42-32(26)27)40-35(39-33)41-28-15-3-1-11-24(28)25-12-2-4-16-29(25)41/h1-18H. The molecular formula is C35H18N6O. The number of nitriles is 2. The lowest BCUT2D eigenvalue weighted by Crippen LogP contribution is -2.06. The van der Waals surface area contributed by atoms with Gasteiger partial charge in [-0.3, -0.25) is 4.57 Å². The number of fused-ring (bicyclic) bond motifs is 6. The average Bonchev–Trinajstić information content (AvgIpc) is 3.60. The molecule has 5 aromatic carbocycles. The maximum absolute atomic E-state index is 9.77. The van der Waals surface area contributed by atoms with E-state index in [0.717, 1.165) is 32.6 Å². The Kier molecular flexibility index (Phi) is 5.12. The largest absolute Gasteiger partial charge is 0.455 e. The lowest BCUT2D eigenvalue weighted by molar-refractivity contribution is 0.669. The fourth-order valence-corrected chi connectivity index (χ4v) is 5.70. The van der Waals surface area contributed by atoms with Crippen LogP contribution < -0.4 is 0 Å². The molecule has 0 N–H and O–H groups in total. The first-order valence-corrected chi connectivity index (χ1v) is 13.3. The number of benzene rings is 5. The molecule has 3 aromatic heterocycles. The Labute approximate surface area is 239 Å². The smallest absolute Gasteiger partial charge is 0.238 e. The highest BCUT2D eigenvalue weighted by Gasteiger charge is 2.21. The van der Waals surface area contributed by atoms with E-state index in [1.165, 1.54) is 0 Å². The van der Waals surface area contributed by atoms with E-state index in [2.05, 4.69) is 36.4 Å². The van der Waals surface area contributed by atoms with Crippen LogP contribution in [0.1, 0.15) is 11.1 Å². The van der Waals surface area contributed by atoms with E-state index in [9.17, 15) is 10.5 Å². The first-order valence-electron chi connectivity index (χ1n) is 13.3. The van der Waals surface area contributed by atoms with Gasteiger partial charge in [0.1, 0.15) is 11.2 Å². The second kappa shape index (κ2) is 9.12. The van der Waals surface area contributed by atoms with E-state index in [1.807, 2.05) is 71.3 Å². The molecule has 0 radical (unpaired) electrons. The van der Waals surface area contributed by atoms with E-state index >= 15 is 0 Å². The molecule has 42 heavy (non-hydrogen) atoms. The van der Waals surface area contributed by atoms with Gasteiger partial charge in [0.25, 0.3) is 0 Å². The summed E-state index contributed by atoms with van der Waals surface area (Å²) in [5, 5.41) is 23.1. The van der Waals surface area contributed by atoms with E-state index in [4.69, 9.17) is 19.4 Å². The number of nitrogens with zero attached hydrogens (tertiary/aromatic N) is 6. The average molecular weight is 539 g/mol. The number of furan rings is 1. The molecular weight excluding hydrogens is 520 g/mol. The van der Waals surface area contributed by atoms with Gasteiger partial charge < -0.3 is 4.42 Å². The van der Waals surface area contributed by atoms with Gasteiger partial charge in [-0.25, -0.2) is 4.98 Å². The molecule has 0 amide bonds. The number of hydrogen-bond donors (Lipinski definition) is 0. The lowest BCUT2D eigenvalue weighted by atomic mass is 10.0. The number of rotatable bonds is 3. The molecule has 0 fully saturated rings. The maximum atomic E-state index is 9.77. The predicted octanol–water partition coefficient (Wildman–Crippen LogP) is 7.95. The highest BCUT2D eigenvalue weighted by Crippen LogP contribution is 2.37. The molecule has 0 aliphatic carbocycles. The van der Waals surface area contributed by atoms with Crippen LogP contribution in [0.4, 0.5) is 0 Å². The highest BCUT2D eigenvalue weighted by molar-refractivity contribution is 6.11. The van der Waals surface area contributed by atoms with E-state index < -0.39 is 0 Å². The molecule has 0 atom stereocenters. The quantitative estimate of drug-likeness (QED) is 0.226. The molecule has 0 saturated heterocycles. The summed E-state index contributed by atoms with van der Waals surface area (Å²) in [7, 11) is 0. The summed E-state index contributed by atoms with van der Waals surface area (Å²) < 4.78 is 8.37. The SMILES string of the molecule is N#Cc1cccc(-c2nc(-c3cccc4c3oc3cccc(C#N)c34)nc(-n3c4ccccc4c4ccccc43)n2)c1. The summed E-state index contributed by atoms with van der Waals surface area (Å²) in [5.74, 6) is 1.29. The molecule has 0 aliphatic rings. The third-order valence-electron chi connectivity index (χ3n) is 7.54. The first kappa shape index (κ1) is 23.6. The molecule has 0 spiro atoms. The molecule has 194 valence electrons. The van der Waals surface area contributed by atoms with E-state index in [0.29, 0.717) is 51.0 Å². The Morgan fingerprint density at radius 2 is 1.31 bits per heavy atom. The lowest BCUT2D eigenvalue weighted by Gasteiger charge is -2.11. The predicted molar refractivity (Wildman–Crippen MR) is 162 cm³/mol. The fraction of sp³-hybridized carbons (Fsp3) is 0. The summed E-state index contributed by atoms with van der Waals surface area (Å²) in [5.41, 5.74) is 5.57. The van der Waals surface area contributed by atoms with Crippen molar-refractivity contribution in [2.24, 2.45) is 0 Å². The van der Waals surface area contributed by atoms with E-state index in [-0.39, 0.29) is 0 Å². The molecule has 8 rings (SSSR count). The second-order valence-corrected chi connectivity index (χ2v) is 9.92. The molecule has 8 aromatic rings. The van der Waals surface area contributed by atoms with Crippen molar-refractivity contribution in [1.82, 2.24) is 19.5 Å². The third kappa shape index (κ3) is 3.48. The Hall–Kier alpha value is -6.31. The Balaban J connectivity index is 1.47. The Morgan fingerprint density at radius 3 is 2.07 bits per heavy atom. The summed E-state index contributed by atoms with van der Waals surface area (Å²) in [6, 6.07) is 39.3. The normalized spacial score (nSPS) is 11.3. The molecule has 7 heteroatoms. The van der Waals surface area contributed by atoms with Crippen LogP contribution in [-0.2, 0) is 0 Å². The van der Waals surface area contributed by atoms with Gasteiger partial charge in [-0.15, -0.1) is 0 Å². The van der Waals surface area contributed by atoms with Gasteiger partial charge >= 0.3 is 0 Å². The van der Waals surface area contributed by atoms with Gasteiger partial charge in [0, 0.05) is 27.1 Å². The minimum atomic E-state index is 0.419. The zero-order valence-corrected chi connectivity index (χ0v) is 22.0. The molecule has 0 aliphatic heterocycles. The van der Waals surface area contributed by atoms with Crippen molar-refractivity contribution < 1.29 is 4.42 Å². The zero-order valence-electron chi connectivity index (χ0n) is 22.0. The van der Waals surface area contributed by atoms with Crippen LogP contribution in [0, 0.1) is 22.7 Å². The van der Waals surface area contributed by atoms with Crippen molar-refractivity contribution >= 4 is 43.7 Å². The minimum absolute atomic E-state index is 0.419. The molecule has 0 unspecified atom stereocenters. The third-order valence-corrected chi connectivity index (χ3v) is 7.54. The summed E-state index contributed by atoms with van der Waals surface area (Å²) >= 11 is 0. The zero-order chi connectivity index (χ0) is 28.2. The van der Waals surface area contributed by atoms with Gasteiger partial charge in [-0.2, -0.15) is 20.5 Å². The number of aromatic nitrogens is 4. The van der Waals surface area contributed by atoms with Crippen LogP contribution >= 0.6 is 0 Å². The fourth-order valence-electron chi connectivity index (χ4n) is 5.70. The van der Waals surface area contributed by atoms with Gasteiger partial charge in [0.05, 0.1) is 39.9 Å². The molecule has 7 nitrogen and oxygen atoms in total. The molecule has 0 saturated carbocycles. The second-order valence-electron chi connectivity index (χ2n) is 9.92. The summed E-state index contributed by atoms with van der Waals surface area (Å²) in [4.78, 5) is 14.9. The van der Waals surface area contributed by atoms with Gasteiger partial charge in [-0.1, -0.05) is 66.7 Å². The van der Waals surface area contributed by atoms with Crippen molar-refractivity contribution in [3.05, 3.63) is 120 Å². The molecule has 0 bridgehead atoms. The monoisotopic (exact) mass is 538 g/mol. The van der Waals surface area contributed by atoms with Gasteiger partial charge in [-0.05, 0) is 42.5 Å². The van der Waals surface area contributed by atoms with Crippen molar-refractivity contribution in [2.75, 3.05) is 0 Å². The van der Waals surface area contributed by atoms with Crippen molar-refractivity contribution in [3.63, 3.8) is 0 Å². The highest BCUT2D eigenvalue weighted by atomic mass is 16.3. The van der Waals surface area contributed by atoms with Crippen LogP contribution in [0.5, 0.6) is 0 Å².